The van der Waals surface area contributed by atoms with Crippen molar-refractivity contribution in [2.45, 2.75) is 53.8 Å². The van der Waals surface area contributed by atoms with Gasteiger partial charge in [-0.15, -0.1) is 12.4 Å². The lowest BCUT2D eigenvalue weighted by molar-refractivity contribution is -0.149. The third-order valence-electron chi connectivity index (χ3n) is 4.22. The van der Waals surface area contributed by atoms with Crippen LogP contribution in [0.3, 0.4) is 0 Å². The maximum Gasteiger partial charge on any atom is 0.342 e. The van der Waals surface area contributed by atoms with E-state index in [1.807, 2.05) is 34.6 Å². The Hall–Kier alpha value is -1.13. The summed E-state index contributed by atoms with van der Waals surface area (Å²) in [5, 5.41) is 0. The molecule has 0 aliphatic carbocycles. The Morgan fingerprint density at radius 2 is 1.43 bits per heavy atom. The second kappa shape index (κ2) is 7.76. The van der Waals surface area contributed by atoms with Crippen molar-refractivity contribution in [3.8, 4) is 0 Å². The molecule has 0 aliphatic rings. The van der Waals surface area contributed by atoms with Crippen LogP contribution >= 0.6 is 12.4 Å². The van der Waals surface area contributed by atoms with E-state index in [9.17, 15) is 9.18 Å². The molecule has 3 nitrogen and oxygen atoms in total. The van der Waals surface area contributed by atoms with Crippen molar-refractivity contribution >= 4 is 18.4 Å². The second-order valence-corrected chi connectivity index (χ2v) is 5.22. The summed E-state index contributed by atoms with van der Waals surface area (Å²) in [5.41, 5.74) is 12.0. The summed E-state index contributed by atoms with van der Waals surface area (Å²) < 4.78 is 18.9. The lowest BCUT2D eigenvalue weighted by Gasteiger charge is -2.24. The summed E-state index contributed by atoms with van der Waals surface area (Å²) in [6, 6.07) is -0.993. The second-order valence-electron chi connectivity index (χ2n) is 5.22. The van der Waals surface area contributed by atoms with Gasteiger partial charge in [0.15, 0.2) is 0 Å². The normalized spacial score (nSPS) is 13.3. The molecule has 0 saturated carbocycles. The molecule has 0 heterocycles. The number of halogens is 2. The zero-order valence-electron chi connectivity index (χ0n) is 13.5. The van der Waals surface area contributed by atoms with Crippen LogP contribution in [0, 0.1) is 34.6 Å². The molecule has 2 N–H and O–H groups in total. The Balaban J connectivity index is 0.00000400. The first-order valence-corrected chi connectivity index (χ1v) is 6.87. The number of rotatable bonds is 4. The predicted octanol–water partition coefficient (Wildman–Crippen LogP) is 3.55. The first-order valence-electron chi connectivity index (χ1n) is 6.87. The van der Waals surface area contributed by atoms with Crippen molar-refractivity contribution in [1.29, 1.82) is 0 Å². The molecule has 21 heavy (non-hydrogen) atoms. The first-order chi connectivity index (χ1) is 9.23. The molecule has 0 radical (unpaired) electrons. The van der Waals surface area contributed by atoms with Gasteiger partial charge in [-0.05, 0) is 74.9 Å². The molecule has 0 spiro atoms. The molecular formula is C16H25ClFNO2. The average molecular weight is 318 g/mol. The summed E-state index contributed by atoms with van der Waals surface area (Å²) in [6.07, 6.45) is -1.84. The standard InChI is InChI=1S/C16H24FNO2.ClH/c1-7-20-16(19)14(17)15(18)13-11(5)9(3)8(2)10(4)12(13)6;/h14-15H,7,18H2,1-6H3;1H/t14?,15-;/m1./s1. The zero-order valence-corrected chi connectivity index (χ0v) is 14.4. The molecule has 2 atom stereocenters. The number of alkyl halides is 1. The van der Waals surface area contributed by atoms with E-state index >= 15 is 0 Å². The van der Waals surface area contributed by atoms with Gasteiger partial charge in [0.05, 0.1) is 12.6 Å². The third kappa shape index (κ3) is 3.74. The predicted molar refractivity (Wildman–Crippen MR) is 85.8 cm³/mol. The van der Waals surface area contributed by atoms with E-state index in [1.165, 1.54) is 5.56 Å². The van der Waals surface area contributed by atoms with E-state index in [0.29, 0.717) is 5.56 Å². The lowest BCUT2D eigenvalue weighted by Crippen LogP contribution is -2.33. The van der Waals surface area contributed by atoms with E-state index in [2.05, 4.69) is 0 Å². The van der Waals surface area contributed by atoms with Gasteiger partial charge in [-0.1, -0.05) is 0 Å². The monoisotopic (exact) mass is 317 g/mol. The van der Waals surface area contributed by atoms with Crippen LogP contribution in [0.2, 0.25) is 0 Å². The Labute approximate surface area is 132 Å². The summed E-state index contributed by atoms with van der Waals surface area (Å²) in [5.74, 6) is -0.894. The molecule has 120 valence electrons. The summed E-state index contributed by atoms with van der Waals surface area (Å²) >= 11 is 0. The number of benzene rings is 1. The van der Waals surface area contributed by atoms with Gasteiger partial charge in [-0.2, -0.15) is 0 Å². The maximum atomic E-state index is 14.2. The van der Waals surface area contributed by atoms with Gasteiger partial charge in [-0.25, -0.2) is 9.18 Å². The molecule has 1 unspecified atom stereocenters. The van der Waals surface area contributed by atoms with Gasteiger partial charge in [-0.3, -0.25) is 0 Å². The van der Waals surface area contributed by atoms with Crippen LogP contribution in [0.15, 0.2) is 0 Å². The van der Waals surface area contributed by atoms with E-state index in [4.69, 9.17) is 10.5 Å². The Kier molecular flexibility index (Phi) is 7.34. The molecule has 0 fully saturated rings. The van der Waals surface area contributed by atoms with Crippen molar-refractivity contribution in [3.05, 3.63) is 33.4 Å². The fourth-order valence-corrected chi connectivity index (χ4v) is 2.54. The SMILES string of the molecule is CCOC(=O)C(F)[C@H](N)c1c(C)c(C)c(C)c(C)c1C.Cl. The number of hydrogen-bond donors (Lipinski definition) is 1. The summed E-state index contributed by atoms with van der Waals surface area (Å²) in [4.78, 5) is 11.5. The van der Waals surface area contributed by atoms with Gasteiger partial charge in [0, 0.05) is 0 Å². The number of carbonyl (C=O) groups is 1. The maximum absolute atomic E-state index is 14.2. The van der Waals surface area contributed by atoms with E-state index in [1.54, 1.807) is 6.92 Å². The number of carbonyl (C=O) groups excluding carboxylic acids is 1. The Morgan fingerprint density at radius 3 is 1.81 bits per heavy atom. The molecule has 0 amide bonds. The van der Waals surface area contributed by atoms with Crippen LogP contribution < -0.4 is 5.73 Å². The van der Waals surface area contributed by atoms with Crippen LogP contribution in [0.5, 0.6) is 0 Å². The van der Waals surface area contributed by atoms with Gasteiger partial charge < -0.3 is 10.5 Å². The van der Waals surface area contributed by atoms with Crippen LogP contribution in [0.25, 0.3) is 0 Å². The van der Waals surface area contributed by atoms with Gasteiger partial charge >= 0.3 is 5.97 Å². The number of esters is 1. The molecule has 0 aromatic heterocycles. The fraction of sp³-hybridized carbons (Fsp3) is 0.562. The fourth-order valence-electron chi connectivity index (χ4n) is 2.54. The van der Waals surface area contributed by atoms with Gasteiger partial charge in [0.1, 0.15) is 0 Å². The minimum atomic E-state index is -1.84. The third-order valence-corrected chi connectivity index (χ3v) is 4.22. The molecule has 0 saturated heterocycles. The van der Waals surface area contributed by atoms with Crippen molar-refractivity contribution in [3.63, 3.8) is 0 Å². The van der Waals surface area contributed by atoms with Crippen LogP contribution in [0.1, 0.15) is 46.3 Å². The molecule has 0 bridgehead atoms. The molecule has 5 heteroatoms. The highest BCUT2D eigenvalue weighted by atomic mass is 35.5. The minimum Gasteiger partial charge on any atom is -0.464 e. The average Bonchev–Trinajstić information content (AvgIpc) is 2.42. The topological polar surface area (TPSA) is 52.3 Å². The lowest BCUT2D eigenvalue weighted by atomic mass is 9.85. The van der Waals surface area contributed by atoms with E-state index < -0.39 is 18.2 Å². The smallest absolute Gasteiger partial charge is 0.342 e. The number of nitrogens with two attached hydrogens (primary N) is 1. The molecular weight excluding hydrogens is 293 g/mol. The largest absolute Gasteiger partial charge is 0.464 e. The van der Waals surface area contributed by atoms with Crippen LogP contribution in [0.4, 0.5) is 4.39 Å². The van der Waals surface area contributed by atoms with Gasteiger partial charge in [0.25, 0.3) is 0 Å². The van der Waals surface area contributed by atoms with Gasteiger partial charge in [0.2, 0.25) is 6.17 Å². The van der Waals surface area contributed by atoms with Crippen molar-refractivity contribution < 1.29 is 13.9 Å². The number of ether oxygens (including phenoxy) is 1. The van der Waals surface area contributed by atoms with Crippen LogP contribution in [-0.2, 0) is 9.53 Å². The molecule has 1 aromatic rings. The molecule has 0 aliphatic heterocycles. The minimum absolute atomic E-state index is 0. The van der Waals surface area contributed by atoms with Crippen molar-refractivity contribution in [1.82, 2.24) is 0 Å². The highest BCUT2D eigenvalue weighted by Crippen LogP contribution is 2.31. The molecule has 1 rings (SSSR count). The highest BCUT2D eigenvalue weighted by molar-refractivity contribution is 5.85. The quantitative estimate of drug-likeness (QED) is 0.864. The zero-order chi connectivity index (χ0) is 15.6. The van der Waals surface area contributed by atoms with E-state index in [0.717, 1.165) is 22.3 Å². The Bertz CT molecular complexity index is 502. The van der Waals surface area contributed by atoms with E-state index in [-0.39, 0.29) is 19.0 Å². The first kappa shape index (κ1) is 19.9. The number of hydrogen-bond acceptors (Lipinski definition) is 3. The summed E-state index contributed by atoms with van der Waals surface area (Å²) in [7, 11) is 0. The van der Waals surface area contributed by atoms with Crippen molar-refractivity contribution in [2.75, 3.05) is 6.61 Å². The van der Waals surface area contributed by atoms with Crippen LogP contribution in [-0.4, -0.2) is 18.7 Å². The Morgan fingerprint density at radius 1 is 1.05 bits per heavy atom. The molecule has 1 aromatic carbocycles. The van der Waals surface area contributed by atoms with Crippen molar-refractivity contribution in [2.24, 2.45) is 5.73 Å². The summed E-state index contributed by atoms with van der Waals surface area (Å²) in [6.45, 7) is 11.7. The highest BCUT2D eigenvalue weighted by Gasteiger charge is 2.31.